The van der Waals surface area contributed by atoms with E-state index in [4.69, 9.17) is 9.47 Å². The number of amides is 2. The van der Waals surface area contributed by atoms with Gasteiger partial charge in [0, 0.05) is 25.3 Å². The average molecular weight is 380 g/mol. The van der Waals surface area contributed by atoms with Crippen molar-refractivity contribution in [2.75, 3.05) is 32.6 Å². The molecule has 1 N–H and O–H groups in total. The Kier molecular flexibility index (Phi) is 7.66. The molecule has 6 nitrogen and oxygen atoms in total. The lowest BCUT2D eigenvalue weighted by atomic mass is 10.2. The zero-order valence-corrected chi connectivity index (χ0v) is 15.2. The van der Waals surface area contributed by atoms with Gasteiger partial charge in [-0.1, -0.05) is 18.2 Å². The first kappa shape index (κ1) is 20.3. The highest BCUT2D eigenvalue weighted by molar-refractivity contribution is 5.89. The highest BCUT2D eigenvalue weighted by Crippen LogP contribution is 2.31. The Balaban J connectivity index is 1.82. The molecule has 0 atom stereocenters. The largest absolute Gasteiger partial charge is 0.494 e. The van der Waals surface area contributed by atoms with Crippen LogP contribution in [0.2, 0.25) is 0 Å². The van der Waals surface area contributed by atoms with Crippen molar-refractivity contribution in [3.05, 3.63) is 48.5 Å². The van der Waals surface area contributed by atoms with E-state index in [0.29, 0.717) is 25.3 Å². The Morgan fingerprint density at radius 3 is 2.56 bits per heavy atom. The number of hydrogen-bond donors (Lipinski definition) is 1. The molecular formula is C19H22F2N2O4. The maximum Gasteiger partial charge on any atom is 0.387 e. The fraction of sp³-hybridized carbons (Fsp3) is 0.316. The van der Waals surface area contributed by atoms with Crippen molar-refractivity contribution < 1.29 is 27.8 Å². The van der Waals surface area contributed by atoms with Crippen LogP contribution in [-0.4, -0.2) is 44.9 Å². The molecule has 0 unspecified atom stereocenters. The average Bonchev–Trinajstić information content (AvgIpc) is 2.65. The van der Waals surface area contributed by atoms with Gasteiger partial charge in [0.2, 0.25) is 0 Å². The Hall–Kier alpha value is -3.03. The number of hydrogen-bond acceptors (Lipinski definition) is 4. The van der Waals surface area contributed by atoms with Crippen LogP contribution in [-0.2, 0) is 0 Å². The summed E-state index contributed by atoms with van der Waals surface area (Å²) < 4.78 is 39.9. The van der Waals surface area contributed by atoms with Crippen LogP contribution < -0.4 is 19.5 Å². The van der Waals surface area contributed by atoms with E-state index in [1.165, 1.54) is 24.1 Å². The monoisotopic (exact) mass is 380 g/mol. The summed E-state index contributed by atoms with van der Waals surface area (Å²) in [6, 6.07) is 13.3. The molecule has 0 saturated carbocycles. The number of para-hydroxylation sites is 1. The molecule has 27 heavy (non-hydrogen) atoms. The lowest BCUT2D eigenvalue weighted by molar-refractivity contribution is -0.0511. The van der Waals surface area contributed by atoms with Crippen LogP contribution in [0.5, 0.6) is 17.2 Å². The van der Waals surface area contributed by atoms with E-state index in [2.05, 4.69) is 10.1 Å². The number of alkyl halides is 2. The van der Waals surface area contributed by atoms with Gasteiger partial charge in [0.25, 0.3) is 0 Å². The van der Waals surface area contributed by atoms with Crippen molar-refractivity contribution >= 4 is 11.7 Å². The van der Waals surface area contributed by atoms with E-state index >= 15 is 0 Å². The Bertz CT molecular complexity index is 729. The summed E-state index contributed by atoms with van der Waals surface area (Å²) in [4.78, 5) is 13.7. The van der Waals surface area contributed by atoms with E-state index < -0.39 is 6.61 Å². The molecule has 0 aliphatic rings. The molecule has 2 rings (SSSR count). The number of carbonyl (C=O) groups is 1. The number of rotatable bonds is 9. The summed E-state index contributed by atoms with van der Waals surface area (Å²) in [5.74, 6) is 0.776. The molecule has 0 radical (unpaired) electrons. The minimum atomic E-state index is -2.99. The van der Waals surface area contributed by atoms with Crippen LogP contribution in [0.1, 0.15) is 6.42 Å². The van der Waals surface area contributed by atoms with Gasteiger partial charge in [0.15, 0.2) is 11.5 Å². The number of benzene rings is 2. The lowest BCUT2D eigenvalue weighted by Gasteiger charge is -2.19. The summed E-state index contributed by atoms with van der Waals surface area (Å²) in [5.41, 5.74) is 0.323. The highest BCUT2D eigenvalue weighted by atomic mass is 19.3. The molecule has 0 aromatic heterocycles. The van der Waals surface area contributed by atoms with E-state index in [-0.39, 0.29) is 17.5 Å². The van der Waals surface area contributed by atoms with Crippen LogP contribution in [0.4, 0.5) is 19.3 Å². The predicted octanol–water partition coefficient (Wildman–Crippen LogP) is 4.23. The van der Waals surface area contributed by atoms with Crippen LogP contribution in [0.15, 0.2) is 48.5 Å². The smallest absolute Gasteiger partial charge is 0.387 e. The lowest BCUT2D eigenvalue weighted by Crippen LogP contribution is -2.32. The van der Waals surface area contributed by atoms with Gasteiger partial charge in [-0.2, -0.15) is 8.78 Å². The minimum Gasteiger partial charge on any atom is -0.494 e. The quantitative estimate of drug-likeness (QED) is 0.662. The SMILES string of the molecule is COc1ccc(NC(=O)N(C)CCCOc2ccccc2)cc1OC(F)F. The van der Waals surface area contributed by atoms with E-state index in [1.807, 2.05) is 30.3 Å². The molecule has 146 valence electrons. The van der Waals surface area contributed by atoms with Crippen molar-refractivity contribution in [1.82, 2.24) is 4.90 Å². The molecule has 2 amide bonds. The maximum absolute atomic E-state index is 12.5. The fourth-order valence-electron chi connectivity index (χ4n) is 2.27. The van der Waals surface area contributed by atoms with Crippen molar-refractivity contribution in [1.29, 1.82) is 0 Å². The number of anilines is 1. The van der Waals surface area contributed by atoms with Crippen LogP contribution >= 0.6 is 0 Å². The standard InChI is InChI=1S/C19H22F2N2O4/c1-23(11-6-12-26-15-7-4-3-5-8-15)19(24)22-14-9-10-16(25-2)17(13-14)27-18(20)21/h3-5,7-10,13,18H,6,11-12H2,1-2H3,(H,22,24). The zero-order chi connectivity index (χ0) is 19.6. The van der Waals surface area contributed by atoms with Gasteiger partial charge in [-0.3, -0.25) is 0 Å². The topological polar surface area (TPSA) is 60.0 Å². The van der Waals surface area contributed by atoms with Crippen LogP contribution in [0, 0.1) is 0 Å². The molecule has 0 saturated heterocycles. The summed E-state index contributed by atoms with van der Waals surface area (Å²) in [7, 11) is 2.98. The normalized spacial score (nSPS) is 10.4. The van der Waals surface area contributed by atoms with Crippen molar-refractivity contribution in [2.45, 2.75) is 13.0 Å². The number of halogens is 2. The zero-order valence-electron chi connectivity index (χ0n) is 15.2. The second-order valence-corrected chi connectivity index (χ2v) is 5.61. The first-order valence-corrected chi connectivity index (χ1v) is 8.32. The van der Waals surface area contributed by atoms with Gasteiger partial charge in [0.1, 0.15) is 5.75 Å². The highest BCUT2D eigenvalue weighted by Gasteiger charge is 2.14. The third kappa shape index (κ3) is 6.65. The number of nitrogens with zero attached hydrogens (tertiary/aromatic N) is 1. The third-order valence-corrected chi connectivity index (χ3v) is 3.63. The minimum absolute atomic E-state index is 0.149. The van der Waals surface area contributed by atoms with Gasteiger partial charge in [-0.15, -0.1) is 0 Å². The summed E-state index contributed by atoms with van der Waals surface area (Å²) >= 11 is 0. The van der Waals surface area contributed by atoms with Crippen molar-refractivity contribution in [3.63, 3.8) is 0 Å². The van der Waals surface area contributed by atoms with Gasteiger partial charge in [0.05, 0.1) is 13.7 Å². The molecular weight excluding hydrogens is 358 g/mol. The molecule has 8 heteroatoms. The fourth-order valence-corrected chi connectivity index (χ4v) is 2.27. The predicted molar refractivity (Wildman–Crippen MR) is 97.8 cm³/mol. The van der Waals surface area contributed by atoms with Crippen LogP contribution in [0.25, 0.3) is 0 Å². The van der Waals surface area contributed by atoms with Crippen LogP contribution in [0.3, 0.4) is 0 Å². The molecule has 0 bridgehead atoms. The number of urea groups is 1. The molecule has 2 aromatic carbocycles. The second kappa shape index (κ2) is 10.2. The van der Waals surface area contributed by atoms with Gasteiger partial charge in [-0.05, 0) is 30.7 Å². The third-order valence-electron chi connectivity index (χ3n) is 3.63. The summed E-state index contributed by atoms with van der Waals surface area (Å²) in [6.07, 6.45) is 0.640. The molecule has 0 spiro atoms. The van der Waals surface area contributed by atoms with Crippen molar-refractivity contribution in [2.24, 2.45) is 0 Å². The van der Waals surface area contributed by atoms with Gasteiger partial charge < -0.3 is 24.4 Å². The molecule has 0 aliphatic heterocycles. The summed E-state index contributed by atoms with van der Waals surface area (Å²) in [5, 5.41) is 2.63. The molecule has 0 aliphatic carbocycles. The van der Waals surface area contributed by atoms with E-state index in [9.17, 15) is 13.6 Å². The molecule has 0 heterocycles. The number of nitrogens with one attached hydrogen (secondary N) is 1. The van der Waals surface area contributed by atoms with E-state index in [1.54, 1.807) is 13.1 Å². The first-order chi connectivity index (χ1) is 13.0. The second-order valence-electron chi connectivity index (χ2n) is 5.61. The number of ether oxygens (including phenoxy) is 3. The van der Waals surface area contributed by atoms with Gasteiger partial charge in [-0.25, -0.2) is 4.79 Å². The maximum atomic E-state index is 12.5. The first-order valence-electron chi connectivity index (χ1n) is 8.32. The Morgan fingerprint density at radius 1 is 1.15 bits per heavy atom. The van der Waals surface area contributed by atoms with Gasteiger partial charge >= 0.3 is 12.6 Å². The number of methoxy groups -OCH3 is 1. The summed E-state index contributed by atoms with van der Waals surface area (Å²) in [6.45, 7) is -2.05. The van der Waals surface area contributed by atoms with Crippen molar-refractivity contribution in [3.8, 4) is 17.2 Å². The molecule has 2 aromatic rings. The molecule has 0 fully saturated rings. The number of carbonyl (C=O) groups excluding carboxylic acids is 1. The Labute approximate surface area is 156 Å². The van der Waals surface area contributed by atoms with E-state index in [0.717, 1.165) is 5.75 Å². The Morgan fingerprint density at radius 2 is 1.89 bits per heavy atom.